The molecule has 2 saturated carbocycles. The number of nitrogens with one attached hydrogen (secondary N) is 1. The van der Waals surface area contributed by atoms with Crippen LogP contribution in [0, 0.1) is 11.3 Å². The average Bonchev–Trinajstić information content (AvgIpc) is 3.34. The summed E-state index contributed by atoms with van der Waals surface area (Å²) in [6, 6.07) is -0.0472. The summed E-state index contributed by atoms with van der Waals surface area (Å²) in [5, 5.41) is 7.84. The van der Waals surface area contributed by atoms with E-state index in [-0.39, 0.29) is 36.1 Å². The van der Waals surface area contributed by atoms with Crippen molar-refractivity contribution in [3.8, 4) is 0 Å². The van der Waals surface area contributed by atoms with Crippen LogP contribution in [0.1, 0.15) is 95.7 Å². The number of rotatable bonds is 4. The second kappa shape index (κ2) is 8.03. The van der Waals surface area contributed by atoms with Gasteiger partial charge >= 0.3 is 0 Å². The van der Waals surface area contributed by atoms with Crippen molar-refractivity contribution in [2.45, 2.75) is 101 Å². The molecule has 6 nitrogen and oxygen atoms in total. The highest BCUT2D eigenvalue weighted by molar-refractivity contribution is 5.82. The average molecular weight is 451 g/mol. The highest BCUT2D eigenvalue weighted by atomic mass is 19.3. The second-order valence-electron chi connectivity index (χ2n) is 11.2. The van der Waals surface area contributed by atoms with E-state index >= 15 is 0 Å². The number of alkyl halides is 2. The first kappa shape index (κ1) is 22.2. The van der Waals surface area contributed by atoms with Crippen LogP contribution >= 0.6 is 0 Å². The monoisotopic (exact) mass is 450 g/mol. The molecule has 5 rings (SSSR count). The van der Waals surface area contributed by atoms with Gasteiger partial charge in [-0.05, 0) is 62.7 Å². The number of carbonyl (C=O) groups is 1. The Labute approximate surface area is 188 Å². The number of hydrogen-bond acceptors (Lipinski definition) is 5. The van der Waals surface area contributed by atoms with Crippen molar-refractivity contribution < 1.29 is 18.1 Å². The number of likely N-dealkylation sites (tertiary alicyclic amines) is 1. The van der Waals surface area contributed by atoms with Gasteiger partial charge in [0.2, 0.25) is 17.7 Å². The van der Waals surface area contributed by atoms with Gasteiger partial charge in [0.1, 0.15) is 0 Å². The molecule has 2 aliphatic heterocycles. The topological polar surface area (TPSA) is 71.3 Å². The van der Waals surface area contributed by atoms with Gasteiger partial charge in [-0.2, -0.15) is 4.98 Å². The largest absolute Gasteiger partial charge is 0.341 e. The van der Waals surface area contributed by atoms with Gasteiger partial charge in [0.25, 0.3) is 0 Å². The first-order chi connectivity index (χ1) is 15.2. The number of halogens is 2. The van der Waals surface area contributed by atoms with E-state index < -0.39 is 5.92 Å². The third-order valence-electron chi connectivity index (χ3n) is 8.97. The summed E-state index contributed by atoms with van der Waals surface area (Å²) in [6.45, 7) is 6.71. The third-order valence-corrected chi connectivity index (χ3v) is 8.97. The van der Waals surface area contributed by atoms with Crippen molar-refractivity contribution in [2.75, 3.05) is 19.6 Å². The fraction of sp³-hybridized carbons (Fsp3) is 0.875. The van der Waals surface area contributed by atoms with E-state index in [1.54, 1.807) is 0 Å². The molecule has 0 aromatic carbocycles. The molecule has 1 amide bonds. The predicted octanol–water partition coefficient (Wildman–Crippen LogP) is 4.41. The number of piperidine rings is 2. The number of amides is 1. The molecule has 0 radical (unpaired) electrons. The van der Waals surface area contributed by atoms with Gasteiger partial charge in [-0.15, -0.1) is 0 Å². The molecule has 1 N–H and O–H groups in total. The van der Waals surface area contributed by atoms with E-state index in [9.17, 15) is 13.6 Å². The minimum Gasteiger partial charge on any atom is -0.341 e. The molecular weight excluding hydrogens is 414 g/mol. The second-order valence-corrected chi connectivity index (χ2v) is 11.2. The number of aromatic nitrogens is 2. The molecule has 4 aliphatic rings. The van der Waals surface area contributed by atoms with Crippen molar-refractivity contribution in [2.24, 2.45) is 11.3 Å². The van der Waals surface area contributed by atoms with Crippen molar-refractivity contribution in [3.05, 3.63) is 11.7 Å². The van der Waals surface area contributed by atoms with E-state index in [0.717, 1.165) is 25.8 Å². The van der Waals surface area contributed by atoms with Gasteiger partial charge in [0.05, 0.1) is 6.04 Å². The molecule has 178 valence electrons. The van der Waals surface area contributed by atoms with Crippen molar-refractivity contribution >= 4 is 5.91 Å². The maximum atomic E-state index is 13.5. The Morgan fingerprint density at radius 1 is 1.06 bits per heavy atom. The Morgan fingerprint density at radius 2 is 1.75 bits per heavy atom. The zero-order chi connectivity index (χ0) is 22.6. The van der Waals surface area contributed by atoms with Crippen LogP contribution in [0.3, 0.4) is 0 Å². The predicted molar refractivity (Wildman–Crippen MR) is 115 cm³/mol. The normalized spacial score (nSPS) is 29.4. The molecule has 3 heterocycles. The molecule has 1 spiro atoms. The van der Waals surface area contributed by atoms with E-state index in [1.807, 2.05) is 4.90 Å². The SMILES string of the molecule is CC(C)C1(c2noc(C3CCC(F)(F)CC3)n2)CCN(C(=O)[C@@H]2CCC3(CC3)CN2)CC1. The summed E-state index contributed by atoms with van der Waals surface area (Å²) in [4.78, 5) is 19.9. The lowest BCUT2D eigenvalue weighted by Gasteiger charge is -2.44. The minimum absolute atomic E-state index is 0.0472. The molecule has 1 aromatic rings. The molecule has 2 aliphatic carbocycles. The number of hydrogen-bond donors (Lipinski definition) is 1. The first-order valence-electron chi connectivity index (χ1n) is 12.5. The third kappa shape index (κ3) is 4.08. The van der Waals surface area contributed by atoms with Crippen molar-refractivity contribution in [3.63, 3.8) is 0 Å². The Balaban J connectivity index is 1.23. The van der Waals surface area contributed by atoms with Gasteiger partial charge in [-0.3, -0.25) is 4.79 Å². The molecule has 2 saturated heterocycles. The summed E-state index contributed by atoms with van der Waals surface area (Å²) < 4.78 is 32.7. The maximum Gasteiger partial charge on any atom is 0.248 e. The van der Waals surface area contributed by atoms with Crippen molar-refractivity contribution in [1.29, 1.82) is 0 Å². The van der Waals surface area contributed by atoms with E-state index in [2.05, 4.69) is 24.3 Å². The lowest BCUT2D eigenvalue weighted by atomic mass is 9.69. The summed E-state index contributed by atoms with van der Waals surface area (Å²) >= 11 is 0. The number of carbonyl (C=O) groups excluding carboxylic acids is 1. The molecular formula is C24H36F2N4O2. The Hall–Kier alpha value is -1.57. The standard InChI is InChI=1S/C24H36F2N4O2/c1-16(2)23(21-28-19(32-29-21)17-3-7-24(25,26)8-4-17)11-13-30(14-12-23)20(31)18-5-6-22(9-10-22)15-27-18/h16-18,27H,3-15H2,1-2H3/t18-/m0/s1. The van der Waals surface area contributed by atoms with E-state index in [1.165, 1.54) is 19.3 Å². The molecule has 1 aromatic heterocycles. The van der Waals surface area contributed by atoms with Crippen molar-refractivity contribution in [1.82, 2.24) is 20.4 Å². The fourth-order valence-corrected chi connectivity index (χ4v) is 6.09. The summed E-state index contributed by atoms with van der Waals surface area (Å²) in [6.07, 6.45) is 6.87. The highest BCUT2D eigenvalue weighted by Gasteiger charge is 2.48. The van der Waals surface area contributed by atoms with Gasteiger partial charge in [0.15, 0.2) is 5.82 Å². The van der Waals surface area contributed by atoms with E-state index in [0.29, 0.717) is 49.0 Å². The van der Waals surface area contributed by atoms with Gasteiger partial charge in [-0.1, -0.05) is 19.0 Å². The van der Waals surface area contributed by atoms with Crippen LogP contribution in [-0.2, 0) is 10.2 Å². The molecule has 1 atom stereocenters. The summed E-state index contributed by atoms with van der Waals surface area (Å²) in [5.74, 6) is -0.912. The van der Waals surface area contributed by atoms with Gasteiger partial charge in [-0.25, -0.2) is 8.78 Å². The maximum absolute atomic E-state index is 13.5. The fourth-order valence-electron chi connectivity index (χ4n) is 6.09. The van der Waals surface area contributed by atoms with Gasteiger partial charge in [0, 0.05) is 43.8 Å². The molecule has 32 heavy (non-hydrogen) atoms. The highest BCUT2D eigenvalue weighted by Crippen LogP contribution is 2.51. The molecule has 8 heteroatoms. The molecule has 0 unspecified atom stereocenters. The van der Waals surface area contributed by atoms with Crippen LogP contribution < -0.4 is 5.32 Å². The summed E-state index contributed by atoms with van der Waals surface area (Å²) in [7, 11) is 0. The Bertz CT molecular complexity index is 823. The zero-order valence-corrected chi connectivity index (χ0v) is 19.3. The van der Waals surface area contributed by atoms with E-state index in [4.69, 9.17) is 9.51 Å². The molecule has 4 fully saturated rings. The quantitative estimate of drug-likeness (QED) is 0.736. The summed E-state index contributed by atoms with van der Waals surface area (Å²) in [5.41, 5.74) is 0.255. The van der Waals surface area contributed by atoms with Crippen LogP contribution in [-0.4, -0.2) is 52.5 Å². The van der Waals surface area contributed by atoms with Crippen LogP contribution in [0.5, 0.6) is 0 Å². The van der Waals surface area contributed by atoms with Gasteiger partial charge < -0.3 is 14.7 Å². The van der Waals surface area contributed by atoms with Crippen LogP contribution in [0.25, 0.3) is 0 Å². The van der Waals surface area contributed by atoms with Crippen LogP contribution in [0.4, 0.5) is 8.78 Å². The van der Waals surface area contributed by atoms with Crippen LogP contribution in [0.2, 0.25) is 0 Å². The lowest BCUT2D eigenvalue weighted by molar-refractivity contribution is -0.136. The minimum atomic E-state index is -2.57. The Morgan fingerprint density at radius 3 is 2.31 bits per heavy atom. The Kier molecular flexibility index (Phi) is 5.58. The smallest absolute Gasteiger partial charge is 0.248 e. The lowest BCUT2D eigenvalue weighted by Crippen LogP contribution is -2.55. The first-order valence-corrected chi connectivity index (χ1v) is 12.5. The molecule has 0 bridgehead atoms. The van der Waals surface area contributed by atoms with Crippen LogP contribution in [0.15, 0.2) is 4.52 Å². The zero-order valence-electron chi connectivity index (χ0n) is 19.3. The number of nitrogens with zero attached hydrogens (tertiary/aromatic N) is 3.